The fourth-order valence-electron chi connectivity index (χ4n) is 0. The summed E-state index contributed by atoms with van der Waals surface area (Å²) in [6, 6.07) is 0. The van der Waals surface area contributed by atoms with E-state index in [9.17, 15) is 0 Å². The molecule has 0 aromatic carbocycles. The third-order valence-corrected chi connectivity index (χ3v) is 0. The van der Waals surface area contributed by atoms with Gasteiger partial charge >= 0.3 is 68.5 Å². The molecule has 0 aromatic rings. The molecule has 0 spiro atoms. The molecule has 0 saturated heterocycles. The van der Waals surface area contributed by atoms with Crippen molar-refractivity contribution in [2.75, 3.05) is 0 Å². The van der Waals surface area contributed by atoms with Crippen LogP contribution in [0.3, 0.4) is 0 Å². The third-order valence-electron chi connectivity index (χ3n) is 0. The molecule has 0 radical (unpaired) electrons. The molecule has 0 bridgehead atoms. The molecule has 6 heavy (non-hydrogen) atoms. The molecular formula is HCuKNO3. The average Bonchev–Trinajstić information content (AvgIpc) is 0.811. The molecule has 6 heteroatoms. The first-order chi connectivity index (χ1) is 1.73. The first-order valence-electron chi connectivity index (χ1n) is 0.548. The zero-order valence-corrected chi connectivity index (χ0v) is 2.92. The summed E-state index contributed by atoms with van der Waals surface area (Å²) in [4.78, 5) is 8.25. The van der Waals surface area contributed by atoms with Crippen molar-refractivity contribution in [2.24, 2.45) is 0 Å². The molecule has 0 saturated carbocycles. The molecule has 0 N–H and O–H groups in total. The summed E-state index contributed by atoms with van der Waals surface area (Å²) in [5.41, 5.74) is 0. The first-order valence-corrected chi connectivity index (χ1v) is 0.548. The van der Waals surface area contributed by atoms with Crippen molar-refractivity contribution in [3.63, 3.8) is 0 Å². The van der Waals surface area contributed by atoms with E-state index in [-0.39, 0.29) is 68.5 Å². The second-order valence-corrected chi connectivity index (χ2v) is 0.224. The van der Waals surface area contributed by atoms with Gasteiger partial charge in [-0.25, -0.2) is 0 Å². The van der Waals surface area contributed by atoms with Crippen LogP contribution in [0.2, 0.25) is 0 Å². The van der Waals surface area contributed by atoms with Crippen LogP contribution < -0.4 is 0 Å². The molecule has 0 atom stereocenters. The van der Waals surface area contributed by atoms with Gasteiger partial charge in [0, 0.05) is 0 Å². The number of hydrogen-bond acceptors (Lipinski definition) is 3. The minimum atomic E-state index is -1.75. The average molecular weight is 166 g/mol. The topological polar surface area (TPSA) is 66.2 Å². The maximum atomic E-state index is 8.25. The van der Waals surface area contributed by atoms with Gasteiger partial charge in [-0.05, 0) is 0 Å². The fourth-order valence-corrected chi connectivity index (χ4v) is 0. The van der Waals surface area contributed by atoms with Gasteiger partial charge in [0.2, 0.25) is 0 Å². The minimum absolute atomic E-state index is 0. The molecular weight excluding hydrogens is 165 g/mol. The van der Waals surface area contributed by atoms with E-state index in [2.05, 4.69) is 0 Å². The second kappa shape index (κ2) is 9.61. The van der Waals surface area contributed by atoms with Gasteiger partial charge in [-0.2, -0.15) is 0 Å². The van der Waals surface area contributed by atoms with Crippen molar-refractivity contribution in [1.82, 2.24) is 0 Å². The van der Waals surface area contributed by atoms with E-state index in [0.29, 0.717) is 0 Å². The van der Waals surface area contributed by atoms with E-state index in [4.69, 9.17) is 15.3 Å². The van der Waals surface area contributed by atoms with Gasteiger partial charge in [0.05, 0.1) is 5.09 Å². The summed E-state index contributed by atoms with van der Waals surface area (Å²) in [5, 5.41) is 14.8. The van der Waals surface area contributed by atoms with Crippen molar-refractivity contribution >= 4 is 51.4 Å². The predicted octanol–water partition coefficient (Wildman–Crippen LogP) is -0.890. The Balaban J connectivity index is -0.0000000450. The van der Waals surface area contributed by atoms with E-state index < -0.39 is 5.09 Å². The van der Waals surface area contributed by atoms with E-state index >= 15 is 0 Å². The van der Waals surface area contributed by atoms with Crippen LogP contribution in [0.5, 0.6) is 0 Å². The molecule has 0 aliphatic carbocycles. The Hall–Kier alpha value is 1.36. The van der Waals surface area contributed by atoms with Gasteiger partial charge in [0.15, 0.2) is 0 Å². The van der Waals surface area contributed by atoms with Crippen molar-refractivity contribution in [2.45, 2.75) is 0 Å². The molecule has 0 aliphatic heterocycles. The van der Waals surface area contributed by atoms with Crippen LogP contribution in [-0.4, -0.2) is 56.5 Å². The van der Waals surface area contributed by atoms with Crippen LogP contribution in [-0.2, 0) is 17.1 Å². The van der Waals surface area contributed by atoms with E-state index in [1.54, 1.807) is 0 Å². The summed E-state index contributed by atoms with van der Waals surface area (Å²) in [6.07, 6.45) is 0. The van der Waals surface area contributed by atoms with E-state index in [1.807, 2.05) is 0 Å². The Bertz CT molecular complexity index is 33.8. The summed E-state index contributed by atoms with van der Waals surface area (Å²) >= 11 is 0. The van der Waals surface area contributed by atoms with Crippen LogP contribution in [0.1, 0.15) is 0 Å². The van der Waals surface area contributed by atoms with Crippen LogP contribution in [0.4, 0.5) is 0 Å². The zero-order valence-electron chi connectivity index (χ0n) is 1.97. The SMILES string of the molecule is O=[N+]([O-])[O-].[Cu+].[KH]. The Morgan fingerprint density at radius 2 is 1.33 bits per heavy atom. The molecule has 36 valence electrons. The number of hydrogen-bond donors (Lipinski definition) is 0. The normalized spacial score (nSPS) is 4.00. The monoisotopic (exact) mass is 165 g/mol. The van der Waals surface area contributed by atoms with Gasteiger partial charge in [-0.15, -0.1) is 0 Å². The van der Waals surface area contributed by atoms with Crippen LogP contribution in [0.15, 0.2) is 0 Å². The second-order valence-electron chi connectivity index (χ2n) is 0.224. The molecule has 0 aromatic heterocycles. The Morgan fingerprint density at radius 1 is 1.33 bits per heavy atom. The Labute approximate surface area is 87.3 Å². The van der Waals surface area contributed by atoms with Crippen molar-refractivity contribution in [3.8, 4) is 0 Å². The molecule has 0 rings (SSSR count). The summed E-state index contributed by atoms with van der Waals surface area (Å²) in [6.45, 7) is 0. The standard InChI is InChI=1S/Cu.K.NO3.H/c;;2-1(3)4;/q+1;;-1;. The van der Waals surface area contributed by atoms with Crippen molar-refractivity contribution in [1.29, 1.82) is 0 Å². The molecule has 4 nitrogen and oxygen atoms in total. The van der Waals surface area contributed by atoms with Gasteiger partial charge in [-0.1, -0.05) is 0 Å². The predicted molar refractivity (Wildman–Crippen MR) is 17.5 cm³/mol. The van der Waals surface area contributed by atoms with Crippen LogP contribution in [0, 0.1) is 15.3 Å². The molecule has 0 aliphatic rings. The van der Waals surface area contributed by atoms with Crippen molar-refractivity contribution < 1.29 is 22.2 Å². The first kappa shape index (κ1) is 15.7. The van der Waals surface area contributed by atoms with Gasteiger partial charge in [0.1, 0.15) is 0 Å². The molecule has 0 fully saturated rings. The maximum absolute atomic E-state index is 8.25. The number of rotatable bonds is 0. The molecule has 0 unspecified atom stereocenters. The van der Waals surface area contributed by atoms with Crippen LogP contribution in [0.25, 0.3) is 0 Å². The Kier molecular flexibility index (Phi) is 25.1. The molecule has 0 heterocycles. The summed E-state index contributed by atoms with van der Waals surface area (Å²) in [7, 11) is 0. The molecule has 0 amide bonds. The Morgan fingerprint density at radius 3 is 1.33 bits per heavy atom. The van der Waals surface area contributed by atoms with E-state index in [1.165, 1.54) is 0 Å². The summed E-state index contributed by atoms with van der Waals surface area (Å²) < 4.78 is 0. The zero-order chi connectivity index (χ0) is 3.58. The summed E-state index contributed by atoms with van der Waals surface area (Å²) in [5.74, 6) is 0. The number of nitrogens with zero attached hydrogens (tertiary/aromatic N) is 1. The van der Waals surface area contributed by atoms with Crippen molar-refractivity contribution in [3.05, 3.63) is 15.3 Å². The van der Waals surface area contributed by atoms with Gasteiger partial charge in [0.25, 0.3) is 0 Å². The van der Waals surface area contributed by atoms with Gasteiger partial charge < -0.3 is 15.3 Å². The quantitative estimate of drug-likeness (QED) is 0.266. The van der Waals surface area contributed by atoms with Crippen LogP contribution >= 0.6 is 0 Å². The third kappa shape index (κ3) is 55.3. The van der Waals surface area contributed by atoms with Gasteiger partial charge in [-0.3, -0.25) is 0 Å². The van der Waals surface area contributed by atoms with E-state index in [0.717, 1.165) is 0 Å². The fraction of sp³-hybridized carbons (Fsp3) is 0.